The average molecular weight is 355 g/mol. The highest BCUT2D eigenvalue weighted by Gasteiger charge is 2.11. The van der Waals surface area contributed by atoms with E-state index >= 15 is 0 Å². The summed E-state index contributed by atoms with van der Waals surface area (Å²) in [6.07, 6.45) is 5.72. The Bertz CT molecular complexity index is 836. The third-order valence-electron chi connectivity index (χ3n) is 4.88. The molecule has 1 saturated heterocycles. The van der Waals surface area contributed by atoms with Crippen molar-refractivity contribution in [2.24, 2.45) is 13.0 Å². The largest absolute Gasteiger partial charge is 0.381 e. The molecule has 5 nitrogen and oxygen atoms in total. The quantitative estimate of drug-likeness (QED) is 0.695. The van der Waals surface area contributed by atoms with Crippen molar-refractivity contribution >= 4 is 21.9 Å². The number of nitrogens with zero attached hydrogens (tertiary/aromatic N) is 3. The van der Waals surface area contributed by atoms with Gasteiger partial charge >= 0.3 is 0 Å². The van der Waals surface area contributed by atoms with Crippen molar-refractivity contribution in [3.63, 3.8) is 0 Å². The van der Waals surface area contributed by atoms with Crippen LogP contribution in [0, 0.1) is 5.92 Å². The van der Waals surface area contributed by atoms with E-state index in [1.807, 2.05) is 38.4 Å². The van der Waals surface area contributed by atoms with Crippen molar-refractivity contribution in [2.45, 2.75) is 39.7 Å². The number of pyridine rings is 1. The van der Waals surface area contributed by atoms with Gasteiger partial charge in [-0.2, -0.15) is 0 Å². The summed E-state index contributed by atoms with van der Waals surface area (Å²) in [5, 5.41) is 1.13. The molecule has 1 aliphatic heterocycles. The molecule has 140 valence electrons. The second kappa shape index (κ2) is 9.10. The molecule has 1 aliphatic rings. The highest BCUT2D eigenvalue weighted by atomic mass is 16.5. The van der Waals surface area contributed by atoms with E-state index in [1.54, 1.807) is 0 Å². The molecule has 0 spiro atoms. The minimum Gasteiger partial charge on any atom is -0.381 e. The number of hydrogen-bond acceptors (Lipinski definition) is 4. The summed E-state index contributed by atoms with van der Waals surface area (Å²) < 4.78 is 12.8. The van der Waals surface area contributed by atoms with Crippen molar-refractivity contribution in [3.05, 3.63) is 36.3 Å². The number of para-hydroxylation sites is 1. The molecule has 1 fully saturated rings. The Balaban J connectivity index is 0.000000206. The molecule has 0 radical (unpaired) electrons. The van der Waals surface area contributed by atoms with Gasteiger partial charge in [0.1, 0.15) is 17.9 Å². The second-order valence-corrected chi connectivity index (χ2v) is 6.88. The van der Waals surface area contributed by atoms with Crippen LogP contribution in [0.25, 0.3) is 21.9 Å². The lowest BCUT2D eigenvalue weighted by atomic mass is 10.0. The first-order valence-corrected chi connectivity index (χ1v) is 9.55. The van der Waals surface area contributed by atoms with Crippen molar-refractivity contribution < 1.29 is 9.47 Å². The van der Waals surface area contributed by atoms with E-state index in [0.29, 0.717) is 13.2 Å². The number of benzene rings is 1. The summed E-state index contributed by atoms with van der Waals surface area (Å²) in [5.41, 5.74) is 3.04. The highest BCUT2D eigenvalue weighted by Crippen LogP contribution is 2.23. The van der Waals surface area contributed by atoms with Crippen LogP contribution in [-0.4, -0.2) is 34.4 Å². The number of aromatic nitrogens is 3. The van der Waals surface area contributed by atoms with Gasteiger partial charge in [0.15, 0.2) is 0 Å². The van der Waals surface area contributed by atoms with Gasteiger partial charge in [0.2, 0.25) is 0 Å². The van der Waals surface area contributed by atoms with Crippen LogP contribution in [0.4, 0.5) is 0 Å². The lowest BCUT2D eigenvalue weighted by molar-refractivity contribution is 0.126. The van der Waals surface area contributed by atoms with Crippen LogP contribution in [-0.2, 0) is 23.1 Å². The summed E-state index contributed by atoms with van der Waals surface area (Å²) >= 11 is 0. The van der Waals surface area contributed by atoms with Gasteiger partial charge in [-0.15, -0.1) is 0 Å². The number of aryl methyl sites for hydroxylation is 1. The second-order valence-electron chi connectivity index (χ2n) is 6.88. The zero-order valence-corrected chi connectivity index (χ0v) is 16.1. The SMILES string of the molecule is CC1CCCOCC1.CCOCc1nc2cnc3ccccc3c2n1C. The van der Waals surface area contributed by atoms with Crippen LogP contribution in [0.15, 0.2) is 30.5 Å². The van der Waals surface area contributed by atoms with Crippen LogP contribution in [0.1, 0.15) is 38.9 Å². The van der Waals surface area contributed by atoms with Gasteiger partial charge in [-0.05, 0) is 38.2 Å². The molecule has 2 aromatic heterocycles. The Hall–Kier alpha value is -1.98. The molecule has 1 atom stereocenters. The van der Waals surface area contributed by atoms with Gasteiger partial charge < -0.3 is 14.0 Å². The molecule has 0 bridgehead atoms. The van der Waals surface area contributed by atoms with Crippen LogP contribution >= 0.6 is 0 Å². The summed E-state index contributed by atoms with van der Waals surface area (Å²) in [6, 6.07) is 8.12. The first-order chi connectivity index (χ1) is 12.7. The topological polar surface area (TPSA) is 49.2 Å². The van der Waals surface area contributed by atoms with Crippen molar-refractivity contribution in [2.75, 3.05) is 19.8 Å². The van der Waals surface area contributed by atoms with Crippen LogP contribution in [0.5, 0.6) is 0 Å². The molecule has 0 aliphatic carbocycles. The smallest absolute Gasteiger partial charge is 0.135 e. The fraction of sp³-hybridized carbons (Fsp3) is 0.524. The lowest BCUT2D eigenvalue weighted by Crippen LogP contribution is -2.01. The third kappa shape index (κ3) is 4.40. The third-order valence-corrected chi connectivity index (χ3v) is 4.88. The molecule has 5 heteroatoms. The Morgan fingerprint density at radius 3 is 2.88 bits per heavy atom. The van der Waals surface area contributed by atoms with E-state index in [-0.39, 0.29) is 0 Å². The van der Waals surface area contributed by atoms with Crippen LogP contribution in [0.3, 0.4) is 0 Å². The number of ether oxygens (including phenoxy) is 2. The standard InChI is InChI=1S/C14H15N3O.C7H14O/c1-3-18-9-13-16-12-8-15-11-7-5-4-6-10(11)14(12)17(13)2;1-7-3-2-5-8-6-4-7/h4-8H,3,9H2,1-2H3;7H,2-6H2,1H3. The van der Waals surface area contributed by atoms with Crippen LogP contribution < -0.4 is 0 Å². The number of fused-ring (bicyclic) bond motifs is 3. The molecule has 26 heavy (non-hydrogen) atoms. The van der Waals surface area contributed by atoms with Crippen molar-refractivity contribution in [1.82, 2.24) is 14.5 Å². The number of rotatable bonds is 3. The maximum absolute atomic E-state index is 5.44. The maximum Gasteiger partial charge on any atom is 0.135 e. The lowest BCUT2D eigenvalue weighted by Gasteiger charge is -2.03. The van der Waals surface area contributed by atoms with E-state index in [4.69, 9.17) is 9.47 Å². The minimum absolute atomic E-state index is 0.538. The Labute approximate surface area is 155 Å². The molecule has 1 aromatic carbocycles. The minimum atomic E-state index is 0.538. The van der Waals surface area contributed by atoms with E-state index in [2.05, 4.69) is 27.5 Å². The maximum atomic E-state index is 5.44. The normalized spacial score (nSPS) is 17.7. The highest BCUT2D eigenvalue weighted by molar-refractivity contribution is 6.02. The molecule has 3 aromatic rings. The molecule has 0 N–H and O–H groups in total. The van der Waals surface area contributed by atoms with Crippen molar-refractivity contribution in [1.29, 1.82) is 0 Å². The zero-order valence-electron chi connectivity index (χ0n) is 16.1. The Morgan fingerprint density at radius 2 is 2.04 bits per heavy atom. The molecular weight excluding hydrogens is 326 g/mol. The van der Waals surface area contributed by atoms with E-state index in [9.17, 15) is 0 Å². The first-order valence-electron chi connectivity index (χ1n) is 9.55. The summed E-state index contributed by atoms with van der Waals surface area (Å²) in [4.78, 5) is 9.00. The number of imidazole rings is 1. The van der Waals surface area contributed by atoms with Gasteiger partial charge in [-0.25, -0.2) is 4.98 Å². The zero-order chi connectivity index (χ0) is 18.4. The molecule has 4 rings (SSSR count). The monoisotopic (exact) mass is 355 g/mol. The predicted octanol–water partition coefficient (Wildman–Crippen LogP) is 4.48. The van der Waals surface area contributed by atoms with Crippen LogP contribution in [0.2, 0.25) is 0 Å². The van der Waals surface area contributed by atoms with Gasteiger partial charge in [0.25, 0.3) is 0 Å². The number of hydrogen-bond donors (Lipinski definition) is 0. The fourth-order valence-corrected chi connectivity index (χ4v) is 3.28. The summed E-state index contributed by atoms with van der Waals surface area (Å²) in [6.45, 7) is 7.50. The fourth-order valence-electron chi connectivity index (χ4n) is 3.28. The van der Waals surface area contributed by atoms with Gasteiger partial charge in [0.05, 0.1) is 17.2 Å². The van der Waals surface area contributed by atoms with E-state index in [1.165, 1.54) is 19.3 Å². The molecule has 1 unspecified atom stereocenters. The van der Waals surface area contributed by atoms with Crippen molar-refractivity contribution in [3.8, 4) is 0 Å². The first kappa shape index (κ1) is 18.8. The van der Waals surface area contributed by atoms with E-state index < -0.39 is 0 Å². The molecule has 0 amide bonds. The molecule has 3 heterocycles. The van der Waals surface area contributed by atoms with Gasteiger partial charge in [-0.3, -0.25) is 4.98 Å². The Kier molecular flexibility index (Phi) is 6.58. The predicted molar refractivity (Wildman–Crippen MR) is 105 cm³/mol. The average Bonchev–Trinajstić information content (AvgIpc) is 2.81. The Morgan fingerprint density at radius 1 is 1.19 bits per heavy atom. The summed E-state index contributed by atoms with van der Waals surface area (Å²) in [7, 11) is 2.02. The van der Waals surface area contributed by atoms with Gasteiger partial charge in [0, 0.05) is 32.3 Å². The molecule has 0 saturated carbocycles. The summed E-state index contributed by atoms with van der Waals surface area (Å²) in [5.74, 6) is 1.84. The van der Waals surface area contributed by atoms with Gasteiger partial charge in [-0.1, -0.05) is 25.1 Å². The van der Waals surface area contributed by atoms with E-state index in [0.717, 1.165) is 46.9 Å². The molecular formula is C21H29N3O2.